The average Bonchev–Trinajstić information content (AvgIpc) is 3.05. The van der Waals surface area contributed by atoms with Crippen LogP contribution >= 0.6 is 0 Å². The van der Waals surface area contributed by atoms with Crippen LogP contribution in [-0.2, 0) is 19.6 Å². The summed E-state index contributed by atoms with van der Waals surface area (Å²) in [5, 5.41) is 16.5. The van der Waals surface area contributed by atoms with E-state index in [1.54, 1.807) is 42.6 Å². The molecule has 2 aromatic carbocycles. The minimum Gasteiger partial charge on any atom is -0.478 e. The topological polar surface area (TPSA) is 67.2 Å². The minimum atomic E-state index is -0.923. The van der Waals surface area contributed by atoms with E-state index in [1.165, 1.54) is 12.1 Å². The molecule has 25 heavy (non-hydrogen) atoms. The Balaban J connectivity index is 1.49. The van der Waals surface area contributed by atoms with Crippen molar-refractivity contribution >= 4 is 5.97 Å². The first-order valence-corrected chi connectivity index (χ1v) is 7.89. The molecule has 3 aromatic rings. The third-order valence-electron chi connectivity index (χ3n) is 3.80. The Morgan fingerprint density at radius 3 is 2.32 bits per heavy atom. The molecule has 0 unspecified atom stereocenters. The molecule has 0 aliphatic heterocycles. The summed E-state index contributed by atoms with van der Waals surface area (Å²) >= 11 is 0. The van der Waals surface area contributed by atoms with E-state index in [0.717, 1.165) is 16.7 Å². The van der Waals surface area contributed by atoms with Crippen LogP contribution in [-0.4, -0.2) is 20.9 Å². The number of hydrogen-bond donors (Lipinski definition) is 2. The zero-order chi connectivity index (χ0) is 17.6. The Hall–Kier alpha value is -2.99. The Bertz CT molecular complexity index is 842. The van der Waals surface area contributed by atoms with Crippen LogP contribution in [0, 0.1) is 5.82 Å². The number of hydrogen-bond acceptors (Lipinski definition) is 3. The molecule has 6 heteroatoms. The van der Waals surface area contributed by atoms with E-state index >= 15 is 0 Å². The summed E-state index contributed by atoms with van der Waals surface area (Å²) in [7, 11) is 0. The van der Waals surface area contributed by atoms with Gasteiger partial charge >= 0.3 is 5.97 Å². The van der Waals surface area contributed by atoms with Crippen molar-refractivity contribution in [2.24, 2.45) is 0 Å². The fraction of sp³-hybridized carbons (Fsp3) is 0.158. The molecule has 0 atom stereocenters. The van der Waals surface area contributed by atoms with Crippen molar-refractivity contribution in [2.45, 2.75) is 19.6 Å². The van der Waals surface area contributed by atoms with E-state index in [2.05, 4.69) is 10.4 Å². The Labute approximate surface area is 144 Å². The fourth-order valence-electron chi connectivity index (χ4n) is 2.48. The SMILES string of the molecule is O=C(O)c1ccc(CNCc2cnn(Cc3ccc(F)cc3)c2)cc1. The number of carboxylic acid groups (broad SMARTS) is 1. The smallest absolute Gasteiger partial charge is 0.335 e. The van der Waals surface area contributed by atoms with Crippen LogP contribution in [0.1, 0.15) is 27.0 Å². The number of halogens is 1. The maximum atomic E-state index is 12.9. The minimum absolute atomic E-state index is 0.245. The van der Waals surface area contributed by atoms with E-state index in [1.807, 2.05) is 10.9 Å². The maximum absolute atomic E-state index is 12.9. The zero-order valence-electron chi connectivity index (χ0n) is 13.5. The highest BCUT2D eigenvalue weighted by Crippen LogP contribution is 2.07. The van der Waals surface area contributed by atoms with Gasteiger partial charge in [-0.3, -0.25) is 4.68 Å². The van der Waals surface area contributed by atoms with Crippen molar-refractivity contribution in [3.63, 3.8) is 0 Å². The summed E-state index contributed by atoms with van der Waals surface area (Å²) in [6.07, 6.45) is 3.74. The molecule has 0 saturated heterocycles. The van der Waals surface area contributed by atoms with Gasteiger partial charge in [-0.2, -0.15) is 5.10 Å². The molecule has 1 aromatic heterocycles. The molecule has 0 saturated carbocycles. The van der Waals surface area contributed by atoms with Gasteiger partial charge in [-0.25, -0.2) is 9.18 Å². The first kappa shape index (κ1) is 16.9. The van der Waals surface area contributed by atoms with Gasteiger partial charge in [0.05, 0.1) is 18.3 Å². The third-order valence-corrected chi connectivity index (χ3v) is 3.80. The van der Waals surface area contributed by atoms with Crippen LogP contribution in [0.4, 0.5) is 4.39 Å². The zero-order valence-corrected chi connectivity index (χ0v) is 13.5. The van der Waals surface area contributed by atoms with Crippen LogP contribution in [0.25, 0.3) is 0 Å². The molecule has 0 aliphatic carbocycles. The lowest BCUT2D eigenvalue weighted by atomic mass is 10.1. The normalized spacial score (nSPS) is 10.8. The highest BCUT2D eigenvalue weighted by Gasteiger charge is 2.03. The highest BCUT2D eigenvalue weighted by atomic mass is 19.1. The number of aromatic carboxylic acids is 1. The second kappa shape index (κ2) is 7.72. The Morgan fingerprint density at radius 1 is 1.00 bits per heavy atom. The first-order chi connectivity index (χ1) is 12.1. The molecular formula is C19H18FN3O2. The van der Waals surface area contributed by atoms with Gasteiger partial charge in [0.2, 0.25) is 0 Å². The van der Waals surface area contributed by atoms with Crippen molar-refractivity contribution in [3.8, 4) is 0 Å². The molecule has 0 aliphatic rings. The molecule has 0 amide bonds. The fourth-order valence-corrected chi connectivity index (χ4v) is 2.48. The molecule has 1 heterocycles. The Morgan fingerprint density at radius 2 is 1.64 bits per heavy atom. The van der Waals surface area contributed by atoms with Gasteiger partial charge in [0.1, 0.15) is 5.82 Å². The van der Waals surface area contributed by atoms with Crippen molar-refractivity contribution in [3.05, 3.63) is 89.0 Å². The molecule has 5 nitrogen and oxygen atoms in total. The summed E-state index contributed by atoms with van der Waals surface area (Å²) < 4.78 is 14.7. The second-order valence-corrected chi connectivity index (χ2v) is 5.78. The van der Waals surface area contributed by atoms with Crippen LogP contribution < -0.4 is 5.32 Å². The van der Waals surface area contributed by atoms with E-state index in [4.69, 9.17) is 5.11 Å². The highest BCUT2D eigenvalue weighted by molar-refractivity contribution is 5.87. The summed E-state index contributed by atoms with van der Waals surface area (Å²) in [5.41, 5.74) is 3.33. The summed E-state index contributed by atoms with van der Waals surface area (Å²) in [4.78, 5) is 10.8. The maximum Gasteiger partial charge on any atom is 0.335 e. The van der Waals surface area contributed by atoms with Crippen LogP contribution in [0.3, 0.4) is 0 Å². The van der Waals surface area contributed by atoms with E-state index in [0.29, 0.717) is 19.6 Å². The van der Waals surface area contributed by atoms with Gasteiger partial charge in [-0.15, -0.1) is 0 Å². The summed E-state index contributed by atoms with van der Waals surface area (Å²) in [6, 6.07) is 13.2. The number of nitrogens with zero attached hydrogens (tertiary/aromatic N) is 2. The van der Waals surface area contributed by atoms with Gasteiger partial charge in [0, 0.05) is 24.8 Å². The van der Waals surface area contributed by atoms with Crippen molar-refractivity contribution in [1.82, 2.24) is 15.1 Å². The van der Waals surface area contributed by atoms with Gasteiger partial charge in [-0.1, -0.05) is 24.3 Å². The van der Waals surface area contributed by atoms with E-state index < -0.39 is 5.97 Å². The molecule has 0 bridgehead atoms. The van der Waals surface area contributed by atoms with E-state index in [9.17, 15) is 9.18 Å². The van der Waals surface area contributed by atoms with Crippen molar-refractivity contribution in [1.29, 1.82) is 0 Å². The Kier molecular flexibility index (Phi) is 5.20. The quantitative estimate of drug-likeness (QED) is 0.694. The summed E-state index contributed by atoms with van der Waals surface area (Å²) in [5.74, 6) is -1.17. The average molecular weight is 339 g/mol. The lowest BCUT2D eigenvalue weighted by Crippen LogP contribution is -2.12. The van der Waals surface area contributed by atoms with Gasteiger partial charge in [0.15, 0.2) is 0 Å². The number of rotatable bonds is 7. The van der Waals surface area contributed by atoms with Crippen LogP contribution in [0.15, 0.2) is 60.9 Å². The van der Waals surface area contributed by atoms with E-state index in [-0.39, 0.29) is 11.4 Å². The largest absolute Gasteiger partial charge is 0.478 e. The lowest BCUT2D eigenvalue weighted by Gasteiger charge is -2.04. The molecule has 0 radical (unpaired) electrons. The lowest BCUT2D eigenvalue weighted by molar-refractivity contribution is 0.0697. The standard InChI is InChI=1S/C19H18FN3O2/c20-18-7-3-15(4-8-18)12-23-13-16(11-22-23)10-21-9-14-1-5-17(6-2-14)19(24)25/h1-8,11,13,21H,9-10,12H2,(H,24,25). The predicted octanol–water partition coefficient (Wildman–Crippen LogP) is 3.06. The third kappa shape index (κ3) is 4.74. The van der Waals surface area contributed by atoms with Crippen LogP contribution in [0.2, 0.25) is 0 Å². The van der Waals surface area contributed by atoms with Crippen molar-refractivity contribution in [2.75, 3.05) is 0 Å². The second-order valence-electron chi connectivity index (χ2n) is 5.78. The molecule has 0 spiro atoms. The molecule has 3 rings (SSSR count). The molecular weight excluding hydrogens is 321 g/mol. The number of carboxylic acids is 1. The first-order valence-electron chi connectivity index (χ1n) is 7.89. The van der Waals surface area contributed by atoms with Crippen LogP contribution in [0.5, 0.6) is 0 Å². The van der Waals surface area contributed by atoms with Crippen molar-refractivity contribution < 1.29 is 14.3 Å². The van der Waals surface area contributed by atoms with Gasteiger partial charge in [-0.05, 0) is 35.4 Å². The van der Waals surface area contributed by atoms with Gasteiger partial charge < -0.3 is 10.4 Å². The number of aromatic nitrogens is 2. The summed E-state index contributed by atoms with van der Waals surface area (Å²) in [6.45, 7) is 1.89. The monoisotopic (exact) mass is 339 g/mol. The molecule has 2 N–H and O–H groups in total. The van der Waals surface area contributed by atoms with Gasteiger partial charge in [0.25, 0.3) is 0 Å². The number of nitrogens with one attached hydrogen (secondary N) is 1. The number of benzene rings is 2. The number of carbonyl (C=O) groups is 1. The molecule has 0 fully saturated rings. The molecule has 128 valence electrons. The predicted molar refractivity (Wildman–Crippen MR) is 91.7 cm³/mol.